The fraction of sp³-hybridized carbons (Fsp3) is 0. The second-order valence-electron chi connectivity index (χ2n) is 6.03. The van der Waals surface area contributed by atoms with Crippen molar-refractivity contribution in [3.63, 3.8) is 0 Å². The van der Waals surface area contributed by atoms with Crippen LogP contribution in [0.4, 0.5) is 0 Å². The van der Waals surface area contributed by atoms with Crippen molar-refractivity contribution < 1.29 is 14.3 Å². The molecule has 0 aliphatic carbocycles. The third-order valence-electron chi connectivity index (χ3n) is 3.88. The molecule has 3 rings (SSSR count). The van der Waals surface area contributed by atoms with Gasteiger partial charge in [0.1, 0.15) is 5.75 Å². The van der Waals surface area contributed by atoms with Gasteiger partial charge in [-0.1, -0.05) is 58.4 Å². The van der Waals surface area contributed by atoms with E-state index in [-0.39, 0.29) is 5.91 Å². The maximum atomic E-state index is 12.3. The number of carbonyl (C=O) groups is 2. The first kappa shape index (κ1) is 21.9. The third-order valence-corrected chi connectivity index (χ3v) is 5.32. The zero-order chi connectivity index (χ0) is 21.3. The van der Waals surface area contributed by atoms with Gasteiger partial charge in [0.15, 0.2) is 0 Å². The van der Waals surface area contributed by atoms with Crippen LogP contribution in [0.5, 0.6) is 5.75 Å². The van der Waals surface area contributed by atoms with Crippen LogP contribution < -0.4 is 10.2 Å². The van der Waals surface area contributed by atoms with Crippen molar-refractivity contribution in [3.05, 3.63) is 104 Å². The molecular weight excluding hydrogens is 559 g/mol. The van der Waals surface area contributed by atoms with Crippen molar-refractivity contribution in [2.24, 2.45) is 5.10 Å². The molecule has 7 heteroatoms. The lowest BCUT2D eigenvalue weighted by Crippen LogP contribution is -2.18. The Labute approximate surface area is 196 Å². The first-order chi connectivity index (χ1) is 14.5. The van der Waals surface area contributed by atoms with Crippen LogP contribution in [0.25, 0.3) is 6.08 Å². The Bertz CT molecular complexity index is 1110. The standard InChI is InChI=1S/C23H16BrIN2O3/c24-18-11-12-21(30-22(28)13-10-16-6-2-1-3-7-16)17(14-18)15-26-27-23(29)19-8-4-5-9-20(19)25/h1-15H,(H,27,29)/b13-10+,26-15+. The van der Waals surface area contributed by atoms with Gasteiger partial charge in [0.05, 0.1) is 11.8 Å². The van der Waals surface area contributed by atoms with E-state index >= 15 is 0 Å². The Morgan fingerprint density at radius 1 is 1.00 bits per heavy atom. The molecule has 3 aromatic carbocycles. The number of amides is 1. The predicted molar refractivity (Wildman–Crippen MR) is 129 cm³/mol. The lowest BCUT2D eigenvalue weighted by molar-refractivity contribution is -0.128. The number of hydrogen-bond acceptors (Lipinski definition) is 4. The maximum absolute atomic E-state index is 12.3. The van der Waals surface area contributed by atoms with E-state index < -0.39 is 5.97 Å². The van der Waals surface area contributed by atoms with Gasteiger partial charge in [-0.3, -0.25) is 4.79 Å². The SMILES string of the molecule is O=C(/C=C/c1ccccc1)Oc1ccc(Br)cc1/C=N/NC(=O)c1ccccc1I. The Balaban J connectivity index is 1.69. The number of rotatable bonds is 6. The number of hydrazone groups is 1. The minimum atomic E-state index is -0.515. The van der Waals surface area contributed by atoms with Crippen molar-refractivity contribution in [2.75, 3.05) is 0 Å². The van der Waals surface area contributed by atoms with Gasteiger partial charge in [-0.05, 0) is 64.6 Å². The van der Waals surface area contributed by atoms with Crippen LogP contribution in [0.3, 0.4) is 0 Å². The summed E-state index contributed by atoms with van der Waals surface area (Å²) in [5.74, 6) is -0.512. The molecule has 0 heterocycles. The molecule has 0 bridgehead atoms. The topological polar surface area (TPSA) is 67.8 Å². The molecule has 1 amide bonds. The Morgan fingerprint density at radius 2 is 1.73 bits per heavy atom. The van der Waals surface area contributed by atoms with E-state index in [2.05, 4.69) is 49.0 Å². The number of benzene rings is 3. The van der Waals surface area contributed by atoms with Crippen molar-refractivity contribution in [3.8, 4) is 5.75 Å². The molecule has 0 radical (unpaired) electrons. The molecule has 1 N–H and O–H groups in total. The molecule has 0 aliphatic heterocycles. The summed E-state index contributed by atoms with van der Waals surface area (Å²) in [5, 5.41) is 4.00. The number of nitrogens with zero attached hydrogens (tertiary/aromatic N) is 1. The molecule has 3 aromatic rings. The van der Waals surface area contributed by atoms with Crippen LogP contribution in [-0.4, -0.2) is 18.1 Å². The summed E-state index contributed by atoms with van der Waals surface area (Å²) >= 11 is 5.48. The van der Waals surface area contributed by atoms with Gasteiger partial charge in [0, 0.05) is 19.7 Å². The van der Waals surface area contributed by atoms with Crippen molar-refractivity contribution in [1.82, 2.24) is 5.43 Å². The zero-order valence-corrected chi connectivity index (χ0v) is 19.3. The highest BCUT2D eigenvalue weighted by Gasteiger charge is 2.09. The van der Waals surface area contributed by atoms with E-state index in [9.17, 15) is 9.59 Å². The average molecular weight is 575 g/mol. The molecule has 0 saturated carbocycles. The first-order valence-corrected chi connectivity index (χ1v) is 10.7. The number of esters is 1. The third kappa shape index (κ3) is 6.36. The number of hydrogen-bond donors (Lipinski definition) is 1. The summed E-state index contributed by atoms with van der Waals surface area (Å²) in [6.07, 6.45) is 4.47. The van der Waals surface area contributed by atoms with Gasteiger partial charge < -0.3 is 4.74 Å². The lowest BCUT2D eigenvalue weighted by Gasteiger charge is -2.06. The molecule has 150 valence electrons. The van der Waals surface area contributed by atoms with Crippen molar-refractivity contribution in [2.45, 2.75) is 0 Å². The monoisotopic (exact) mass is 574 g/mol. The first-order valence-electron chi connectivity index (χ1n) is 8.85. The molecule has 0 fully saturated rings. The predicted octanol–water partition coefficient (Wildman–Crippen LogP) is 5.44. The van der Waals surface area contributed by atoms with Gasteiger partial charge >= 0.3 is 5.97 Å². The summed E-state index contributed by atoms with van der Waals surface area (Å²) in [4.78, 5) is 24.5. The minimum absolute atomic E-state index is 0.324. The molecule has 0 aromatic heterocycles. The average Bonchev–Trinajstić information content (AvgIpc) is 2.75. The maximum Gasteiger partial charge on any atom is 0.336 e. The summed E-state index contributed by atoms with van der Waals surface area (Å²) in [6.45, 7) is 0. The van der Waals surface area contributed by atoms with E-state index in [0.29, 0.717) is 16.9 Å². The van der Waals surface area contributed by atoms with Crippen LogP contribution >= 0.6 is 38.5 Å². The van der Waals surface area contributed by atoms with Gasteiger partial charge in [0.25, 0.3) is 5.91 Å². The van der Waals surface area contributed by atoms with Crippen molar-refractivity contribution >= 4 is 62.7 Å². The number of carbonyl (C=O) groups excluding carboxylic acids is 2. The van der Waals surface area contributed by atoms with Gasteiger partial charge in [-0.25, -0.2) is 10.2 Å². The summed E-state index contributed by atoms with van der Waals surface area (Å²) in [6, 6.07) is 21.8. The summed E-state index contributed by atoms with van der Waals surface area (Å²) in [7, 11) is 0. The van der Waals surface area contributed by atoms with E-state index in [0.717, 1.165) is 13.6 Å². The smallest absolute Gasteiger partial charge is 0.336 e. The normalized spacial score (nSPS) is 11.0. The Morgan fingerprint density at radius 3 is 2.50 bits per heavy atom. The van der Waals surface area contributed by atoms with E-state index in [1.54, 1.807) is 36.4 Å². The van der Waals surface area contributed by atoms with Crippen LogP contribution in [0.2, 0.25) is 0 Å². The molecule has 0 atom stereocenters. The minimum Gasteiger partial charge on any atom is -0.423 e. The summed E-state index contributed by atoms with van der Waals surface area (Å²) < 4.78 is 7.04. The second kappa shape index (κ2) is 10.8. The van der Waals surface area contributed by atoms with Crippen LogP contribution in [0, 0.1) is 3.57 Å². The number of ether oxygens (including phenoxy) is 1. The molecule has 0 unspecified atom stereocenters. The van der Waals surface area contributed by atoms with Crippen molar-refractivity contribution in [1.29, 1.82) is 0 Å². The van der Waals surface area contributed by atoms with E-state index in [1.165, 1.54) is 12.3 Å². The van der Waals surface area contributed by atoms with E-state index in [1.807, 2.05) is 42.5 Å². The second-order valence-corrected chi connectivity index (χ2v) is 8.10. The highest BCUT2D eigenvalue weighted by Crippen LogP contribution is 2.22. The van der Waals surface area contributed by atoms with Crippen LogP contribution in [0.1, 0.15) is 21.5 Å². The fourth-order valence-corrected chi connectivity index (χ4v) is 3.46. The zero-order valence-electron chi connectivity index (χ0n) is 15.6. The molecule has 5 nitrogen and oxygen atoms in total. The molecule has 0 spiro atoms. The Kier molecular flexibility index (Phi) is 7.92. The highest BCUT2D eigenvalue weighted by molar-refractivity contribution is 14.1. The summed E-state index contributed by atoms with van der Waals surface area (Å²) in [5.41, 5.74) is 4.45. The van der Waals surface area contributed by atoms with Gasteiger partial charge in [-0.2, -0.15) is 5.10 Å². The van der Waals surface area contributed by atoms with E-state index in [4.69, 9.17) is 4.74 Å². The largest absolute Gasteiger partial charge is 0.423 e. The number of nitrogens with one attached hydrogen (secondary N) is 1. The quantitative estimate of drug-likeness (QED) is 0.106. The molecule has 0 aliphatic rings. The molecule has 30 heavy (non-hydrogen) atoms. The highest BCUT2D eigenvalue weighted by atomic mass is 127. The van der Waals surface area contributed by atoms with Crippen LogP contribution in [0.15, 0.2) is 88.4 Å². The molecular formula is C23H16BrIN2O3. The lowest BCUT2D eigenvalue weighted by atomic mass is 10.2. The van der Waals surface area contributed by atoms with Gasteiger partial charge in [0.2, 0.25) is 0 Å². The van der Waals surface area contributed by atoms with Crippen LogP contribution in [-0.2, 0) is 4.79 Å². The van der Waals surface area contributed by atoms with Gasteiger partial charge in [-0.15, -0.1) is 0 Å². The Hall–Kier alpha value is -2.78. The molecule has 0 saturated heterocycles. The fourth-order valence-electron chi connectivity index (χ4n) is 2.45. The number of halogens is 2.